The number of aromatic carboxylic acids is 1. The molecule has 0 spiro atoms. The molecule has 2 N–H and O–H groups in total. The van der Waals surface area contributed by atoms with Crippen LogP contribution in [0.1, 0.15) is 31.8 Å². The number of aryl methyl sites for hydroxylation is 2. The molecule has 4 heteroatoms. The second-order valence-electron chi connectivity index (χ2n) is 3.37. The lowest BCUT2D eigenvalue weighted by atomic mass is 9.99. The van der Waals surface area contributed by atoms with E-state index in [1.54, 1.807) is 20.9 Å². The van der Waals surface area contributed by atoms with Crippen molar-refractivity contribution in [2.24, 2.45) is 0 Å². The Morgan fingerprint density at radius 3 is 2.00 bits per heavy atom. The van der Waals surface area contributed by atoms with Crippen molar-refractivity contribution < 1.29 is 14.7 Å². The van der Waals surface area contributed by atoms with E-state index in [0.29, 0.717) is 16.7 Å². The van der Waals surface area contributed by atoms with Gasteiger partial charge in [0.1, 0.15) is 0 Å². The zero-order chi connectivity index (χ0) is 11.6. The van der Waals surface area contributed by atoms with Crippen molar-refractivity contribution in [3.63, 3.8) is 0 Å². The molecule has 80 valence electrons. The molecule has 0 aromatic heterocycles. The number of carbonyl (C=O) groups is 2. The molecule has 0 aliphatic heterocycles. The van der Waals surface area contributed by atoms with Crippen molar-refractivity contribution in [3.05, 3.63) is 34.4 Å². The fourth-order valence-electron chi connectivity index (χ4n) is 1.57. The van der Waals surface area contributed by atoms with Crippen molar-refractivity contribution in [1.82, 2.24) is 5.32 Å². The topological polar surface area (TPSA) is 66.4 Å². The van der Waals surface area contributed by atoms with Crippen LogP contribution in [0.2, 0.25) is 0 Å². The zero-order valence-electron chi connectivity index (χ0n) is 8.92. The minimum absolute atomic E-state index is 0.193. The number of carbonyl (C=O) groups excluding carboxylic acids is 1. The van der Waals surface area contributed by atoms with Crippen LogP contribution >= 0.6 is 0 Å². The summed E-state index contributed by atoms with van der Waals surface area (Å²) in [5, 5.41) is 11.3. The van der Waals surface area contributed by atoms with Crippen LogP contribution in [0, 0.1) is 13.8 Å². The fourth-order valence-corrected chi connectivity index (χ4v) is 1.57. The summed E-state index contributed by atoms with van der Waals surface area (Å²) in [6.45, 7) is 3.45. The highest BCUT2D eigenvalue weighted by Gasteiger charge is 2.14. The first kappa shape index (κ1) is 11.2. The summed E-state index contributed by atoms with van der Waals surface area (Å²) < 4.78 is 0. The molecular formula is C11H13NO3. The number of benzene rings is 1. The number of carboxylic acids is 1. The molecule has 0 bridgehead atoms. The largest absolute Gasteiger partial charge is 0.478 e. The summed E-state index contributed by atoms with van der Waals surface area (Å²) in [6, 6.07) is 3.00. The van der Waals surface area contributed by atoms with Gasteiger partial charge < -0.3 is 10.4 Å². The Bertz CT molecular complexity index is 401. The SMILES string of the molecule is CNC(=O)c1c(C)cc(C(=O)O)cc1C. The first-order chi connectivity index (χ1) is 6.97. The van der Waals surface area contributed by atoms with Crippen molar-refractivity contribution in [2.75, 3.05) is 7.05 Å². The summed E-state index contributed by atoms with van der Waals surface area (Å²) in [5.41, 5.74) is 2.10. The quantitative estimate of drug-likeness (QED) is 0.769. The Hall–Kier alpha value is -1.84. The lowest BCUT2D eigenvalue weighted by Crippen LogP contribution is -2.20. The maximum atomic E-state index is 11.5. The Morgan fingerprint density at radius 1 is 1.20 bits per heavy atom. The molecule has 1 aromatic rings. The number of rotatable bonds is 2. The van der Waals surface area contributed by atoms with Crippen molar-refractivity contribution >= 4 is 11.9 Å². The van der Waals surface area contributed by atoms with Gasteiger partial charge in [0.25, 0.3) is 5.91 Å². The molecule has 0 aliphatic carbocycles. The molecule has 1 aromatic carbocycles. The number of hydrogen-bond donors (Lipinski definition) is 2. The summed E-state index contributed by atoms with van der Waals surface area (Å²) in [4.78, 5) is 22.2. The van der Waals surface area contributed by atoms with E-state index in [0.717, 1.165) is 0 Å². The average Bonchev–Trinajstić information content (AvgIpc) is 2.16. The predicted molar refractivity (Wildman–Crippen MR) is 56.3 cm³/mol. The van der Waals surface area contributed by atoms with E-state index >= 15 is 0 Å². The highest BCUT2D eigenvalue weighted by atomic mass is 16.4. The van der Waals surface area contributed by atoms with E-state index in [-0.39, 0.29) is 11.5 Å². The van der Waals surface area contributed by atoms with Crippen LogP contribution in [0.25, 0.3) is 0 Å². The van der Waals surface area contributed by atoms with Crippen LogP contribution in [0.3, 0.4) is 0 Å². The molecule has 0 saturated carbocycles. The summed E-state index contributed by atoms with van der Waals surface area (Å²) in [5.74, 6) is -1.17. The Kier molecular flexibility index (Phi) is 3.09. The molecule has 0 heterocycles. The zero-order valence-corrected chi connectivity index (χ0v) is 8.92. The van der Waals surface area contributed by atoms with Crippen LogP contribution in [-0.4, -0.2) is 24.0 Å². The molecular weight excluding hydrogens is 194 g/mol. The van der Waals surface area contributed by atoms with Gasteiger partial charge in [-0.3, -0.25) is 4.79 Å². The second-order valence-corrected chi connectivity index (χ2v) is 3.37. The first-order valence-corrected chi connectivity index (χ1v) is 4.54. The van der Waals surface area contributed by atoms with Crippen molar-refractivity contribution in [1.29, 1.82) is 0 Å². The molecule has 0 fully saturated rings. The van der Waals surface area contributed by atoms with E-state index in [1.165, 1.54) is 12.1 Å². The highest BCUT2D eigenvalue weighted by Crippen LogP contribution is 2.16. The van der Waals surface area contributed by atoms with Crippen LogP contribution < -0.4 is 5.32 Å². The Labute approximate surface area is 87.9 Å². The number of hydrogen-bond acceptors (Lipinski definition) is 2. The highest BCUT2D eigenvalue weighted by molar-refractivity contribution is 5.98. The van der Waals surface area contributed by atoms with Gasteiger partial charge in [-0.15, -0.1) is 0 Å². The average molecular weight is 207 g/mol. The molecule has 1 amide bonds. The van der Waals surface area contributed by atoms with Crippen LogP contribution in [0.5, 0.6) is 0 Å². The van der Waals surface area contributed by atoms with Crippen LogP contribution in [-0.2, 0) is 0 Å². The smallest absolute Gasteiger partial charge is 0.335 e. The van der Waals surface area contributed by atoms with Crippen LogP contribution in [0.15, 0.2) is 12.1 Å². The summed E-state index contributed by atoms with van der Waals surface area (Å²) >= 11 is 0. The second kappa shape index (κ2) is 4.13. The molecule has 0 unspecified atom stereocenters. The lowest BCUT2D eigenvalue weighted by molar-refractivity contribution is 0.0696. The van der Waals surface area contributed by atoms with Gasteiger partial charge >= 0.3 is 5.97 Å². The summed E-state index contributed by atoms with van der Waals surface area (Å²) in [6.07, 6.45) is 0. The molecule has 0 radical (unpaired) electrons. The van der Waals surface area contributed by atoms with E-state index < -0.39 is 5.97 Å². The molecule has 0 aliphatic rings. The van der Waals surface area contributed by atoms with E-state index in [9.17, 15) is 9.59 Å². The number of amides is 1. The first-order valence-electron chi connectivity index (χ1n) is 4.54. The Balaban J connectivity index is 3.33. The Morgan fingerprint density at radius 2 is 1.67 bits per heavy atom. The normalized spacial score (nSPS) is 9.80. The lowest BCUT2D eigenvalue weighted by Gasteiger charge is -2.09. The molecule has 1 rings (SSSR count). The van der Waals surface area contributed by atoms with Gasteiger partial charge in [-0.1, -0.05) is 0 Å². The van der Waals surface area contributed by atoms with Crippen molar-refractivity contribution in [2.45, 2.75) is 13.8 Å². The maximum Gasteiger partial charge on any atom is 0.335 e. The van der Waals surface area contributed by atoms with Crippen LogP contribution in [0.4, 0.5) is 0 Å². The van der Waals surface area contributed by atoms with E-state index in [1.807, 2.05) is 0 Å². The third-order valence-electron chi connectivity index (χ3n) is 2.23. The minimum Gasteiger partial charge on any atom is -0.478 e. The van der Waals surface area contributed by atoms with E-state index in [2.05, 4.69) is 5.32 Å². The monoisotopic (exact) mass is 207 g/mol. The third-order valence-corrected chi connectivity index (χ3v) is 2.23. The molecule has 4 nitrogen and oxygen atoms in total. The molecule has 0 saturated heterocycles. The van der Waals surface area contributed by atoms with Gasteiger partial charge in [0.15, 0.2) is 0 Å². The minimum atomic E-state index is -0.982. The number of nitrogens with one attached hydrogen (secondary N) is 1. The van der Waals surface area contributed by atoms with Gasteiger partial charge in [-0.05, 0) is 37.1 Å². The third kappa shape index (κ3) is 2.15. The molecule has 15 heavy (non-hydrogen) atoms. The van der Waals surface area contributed by atoms with Gasteiger partial charge in [-0.2, -0.15) is 0 Å². The van der Waals surface area contributed by atoms with E-state index in [4.69, 9.17) is 5.11 Å². The van der Waals surface area contributed by atoms with Gasteiger partial charge in [-0.25, -0.2) is 4.79 Å². The van der Waals surface area contributed by atoms with Gasteiger partial charge in [0.05, 0.1) is 5.56 Å². The predicted octanol–water partition coefficient (Wildman–Crippen LogP) is 1.36. The standard InChI is InChI=1S/C11H13NO3/c1-6-4-8(11(14)15)5-7(2)9(6)10(13)12-3/h4-5H,1-3H3,(H,12,13)(H,14,15). The van der Waals surface area contributed by atoms with Crippen molar-refractivity contribution in [3.8, 4) is 0 Å². The van der Waals surface area contributed by atoms with Gasteiger partial charge in [0.2, 0.25) is 0 Å². The fraction of sp³-hybridized carbons (Fsp3) is 0.273. The van der Waals surface area contributed by atoms with Gasteiger partial charge in [0, 0.05) is 12.6 Å². The number of carboxylic acid groups (broad SMARTS) is 1. The molecule has 0 atom stereocenters. The summed E-state index contributed by atoms with van der Waals surface area (Å²) in [7, 11) is 1.55. The maximum absolute atomic E-state index is 11.5.